The molecule has 0 radical (unpaired) electrons. The van der Waals surface area contributed by atoms with Crippen molar-refractivity contribution in [3.05, 3.63) is 30.1 Å². The molecule has 1 aliphatic carbocycles. The van der Waals surface area contributed by atoms with Crippen molar-refractivity contribution in [2.75, 3.05) is 5.32 Å². The SMILES string of the molecule is ON=C1CCCCCCCCCCC1Nc1ccc(F)cc1. The van der Waals surface area contributed by atoms with Gasteiger partial charge in [0.15, 0.2) is 0 Å². The van der Waals surface area contributed by atoms with Crippen LogP contribution < -0.4 is 5.32 Å². The maximum absolute atomic E-state index is 13.0. The molecule has 0 spiro atoms. The average Bonchev–Trinajstić information content (AvgIpc) is 2.52. The molecule has 3 nitrogen and oxygen atoms in total. The summed E-state index contributed by atoms with van der Waals surface area (Å²) in [4.78, 5) is 0. The predicted octanol–water partition coefficient (Wildman–Crippen LogP) is 5.35. The third-order valence-electron chi connectivity index (χ3n) is 4.39. The molecule has 1 aliphatic rings. The van der Waals surface area contributed by atoms with Crippen molar-refractivity contribution in [2.24, 2.45) is 5.16 Å². The lowest BCUT2D eigenvalue weighted by molar-refractivity contribution is 0.314. The number of rotatable bonds is 2. The van der Waals surface area contributed by atoms with E-state index in [1.165, 1.54) is 50.7 Å². The molecule has 0 bridgehead atoms. The van der Waals surface area contributed by atoms with E-state index in [0.29, 0.717) is 0 Å². The summed E-state index contributed by atoms with van der Waals surface area (Å²) >= 11 is 0. The van der Waals surface area contributed by atoms with E-state index in [9.17, 15) is 9.60 Å². The van der Waals surface area contributed by atoms with E-state index in [-0.39, 0.29) is 11.9 Å². The van der Waals surface area contributed by atoms with E-state index < -0.39 is 0 Å². The van der Waals surface area contributed by atoms with Gasteiger partial charge in [0.25, 0.3) is 0 Å². The number of nitrogens with one attached hydrogen (secondary N) is 1. The standard InChI is InChI=1S/C18H27FN2O/c19-15-11-13-16(14-12-15)20-17-9-7-5-3-1-2-4-6-8-10-18(17)21-22/h11-14,17,20,22H,1-10H2. The zero-order chi connectivity index (χ0) is 15.6. The number of oxime groups is 1. The van der Waals surface area contributed by atoms with Gasteiger partial charge in [0.2, 0.25) is 0 Å². The van der Waals surface area contributed by atoms with Crippen LogP contribution in [0.25, 0.3) is 0 Å². The van der Waals surface area contributed by atoms with Gasteiger partial charge in [-0.2, -0.15) is 0 Å². The Hall–Kier alpha value is -1.58. The van der Waals surface area contributed by atoms with Crippen molar-refractivity contribution in [1.82, 2.24) is 0 Å². The minimum atomic E-state index is -0.236. The molecule has 0 saturated heterocycles. The summed E-state index contributed by atoms with van der Waals surface area (Å²) in [6.45, 7) is 0. The predicted molar refractivity (Wildman–Crippen MR) is 89.2 cm³/mol. The highest BCUT2D eigenvalue weighted by Crippen LogP contribution is 2.19. The molecule has 1 aromatic carbocycles. The molecular weight excluding hydrogens is 279 g/mol. The van der Waals surface area contributed by atoms with Gasteiger partial charge in [-0.15, -0.1) is 0 Å². The van der Waals surface area contributed by atoms with Gasteiger partial charge in [0, 0.05) is 5.69 Å². The second kappa shape index (κ2) is 9.44. The molecule has 2 N–H and O–H groups in total. The monoisotopic (exact) mass is 306 g/mol. The van der Waals surface area contributed by atoms with Gasteiger partial charge in [-0.25, -0.2) is 4.39 Å². The molecule has 1 fully saturated rings. The Balaban J connectivity index is 2.01. The molecule has 22 heavy (non-hydrogen) atoms. The number of anilines is 1. The molecule has 0 heterocycles. The van der Waals surface area contributed by atoms with E-state index in [1.807, 2.05) is 0 Å². The molecule has 1 aromatic rings. The maximum atomic E-state index is 13.0. The van der Waals surface area contributed by atoms with Crippen LogP contribution in [0, 0.1) is 5.82 Å². The second-order valence-electron chi connectivity index (χ2n) is 6.16. The molecule has 1 saturated carbocycles. The van der Waals surface area contributed by atoms with Gasteiger partial charge >= 0.3 is 0 Å². The van der Waals surface area contributed by atoms with Gasteiger partial charge in [0.05, 0.1) is 11.8 Å². The first-order valence-corrected chi connectivity index (χ1v) is 8.52. The first kappa shape index (κ1) is 16.8. The van der Waals surface area contributed by atoms with Crippen molar-refractivity contribution >= 4 is 11.4 Å². The van der Waals surface area contributed by atoms with Gasteiger partial charge in [0.1, 0.15) is 5.82 Å². The van der Waals surface area contributed by atoms with E-state index in [4.69, 9.17) is 0 Å². The summed E-state index contributed by atoms with van der Waals surface area (Å²) in [5.74, 6) is -0.236. The highest BCUT2D eigenvalue weighted by atomic mass is 19.1. The van der Waals surface area contributed by atoms with Crippen LogP contribution in [0.4, 0.5) is 10.1 Å². The Kier molecular flexibility index (Phi) is 7.20. The molecule has 0 amide bonds. The normalized spacial score (nSPS) is 23.5. The highest BCUT2D eigenvalue weighted by molar-refractivity contribution is 5.91. The third-order valence-corrected chi connectivity index (χ3v) is 4.39. The number of halogens is 1. The Labute approximate surface area is 132 Å². The lowest BCUT2D eigenvalue weighted by Crippen LogP contribution is -2.30. The Morgan fingerprint density at radius 3 is 2.14 bits per heavy atom. The van der Waals surface area contributed by atoms with Crippen LogP contribution in [0.5, 0.6) is 0 Å². The number of nitrogens with zero attached hydrogens (tertiary/aromatic N) is 1. The fourth-order valence-electron chi connectivity index (χ4n) is 3.08. The quantitative estimate of drug-likeness (QED) is 0.571. The van der Waals surface area contributed by atoms with Crippen molar-refractivity contribution in [3.8, 4) is 0 Å². The summed E-state index contributed by atoms with van der Waals surface area (Å²) in [5, 5.41) is 16.3. The van der Waals surface area contributed by atoms with Crippen LogP contribution in [-0.2, 0) is 0 Å². The first-order valence-electron chi connectivity index (χ1n) is 8.52. The van der Waals surface area contributed by atoms with Gasteiger partial charge in [-0.1, -0.05) is 50.1 Å². The Morgan fingerprint density at radius 2 is 1.50 bits per heavy atom. The molecule has 2 rings (SSSR count). The van der Waals surface area contributed by atoms with Gasteiger partial charge < -0.3 is 10.5 Å². The van der Waals surface area contributed by atoms with E-state index in [1.54, 1.807) is 12.1 Å². The molecule has 0 aromatic heterocycles. The number of hydrogen-bond donors (Lipinski definition) is 2. The lowest BCUT2D eigenvalue weighted by atomic mass is 9.96. The third kappa shape index (κ3) is 5.66. The van der Waals surface area contributed by atoms with E-state index in [2.05, 4.69) is 10.5 Å². The van der Waals surface area contributed by atoms with Crippen LogP contribution in [0.3, 0.4) is 0 Å². The van der Waals surface area contributed by atoms with Crippen molar-refractivity contribution < 1.29 is 9.60 Å². The summed E-state index contributed by atoms with van der Waals surface area (Å²) in [6.07, 6.45) is 11.6. The van der Waals surface area contributed by atoms with Crippen LogP contribution >= 0.6 is 0 Å². The van der Waals surface area contributed by atoms with Crippen molar-refractivity contribution in [2.45, 2.75) is 70.3 Å². The molecular formula is C18H27FN2O. The summed E-state index contributed by atoms with van der Waals surface area (Å²) in [5.41, 5.74) is 1.70. The minimum absolute atomic E-state index is 0.0369. The Bertz CT molecular complexity index is 459. The lowest BCUT2D eigenvalue weighted by Gasteiger charge is -2.22. The minimum Gasteiger partial charge on any atom is -0.411 e. The van der Waals surface area contributed by atoms with Crippen LogP contribution in [0.1, 0.15) is 64.2 Å². The molecule has 0 aliphatic heterocycles. The van der Waals surface area contributed by atoms with E-state index >= 15 is 0 Å². The fourth-order valence-corrected chi connectivity index (χ4v) is 3.08. The summed E-state index contributed by atoms with van der Waals surface area (Å²) in [7, 11) is 0. The van der Waals surface area contributed by atoms with Gasteiger partial charge in [-0.05, 0) is 43.5 Å². The van der Waals surface area contributed by atoms with Crippen molar-refractivity contribution in [1.29, 1.82) is 0 Å². The molecule has 4 heteroatoms. The van der Waals surface area contributed by atoms with Crippen LogP contribution in [-0.4, -0.2) is 17.0 Å². The topological polar surface area (TPSA) is 44.6 Å². The van der Waals surface area contributed by atoms with Crippen LogP contribution in [0.15, 0.2) is 29.4 Å². The zero-order valence-electron chi connectivity index (χ0n) is 13.2. The smallest absolute Gasteiger partial charge is 0.123 e. The largest absolute Gasteiger partial charge is 0.411 e. The fraction of sp³-hybridized carbons (Fsp3) is 0.611. The van der Waals surface area contributed by atoms with E-state index in [0.717, 1.165) is 37.1 Å². The average molecular weight is 306 g/mol. The Morgan fingerprint density at radius 1 is 0.909 bits per heavy atom. The highest BCUT2D eigenvalue weighted by Gasteiger charge is 2.17. The van der Waals surface area contributed by atoms with Gasteiger partial charge in [-0.3, -0.25) is 0 Å². The number of benzene rings is 1. The zero-order valence-corrected chi connectivity index (χ0v) is 13.2. The molecule has 1 unspecified atom stereocenters. The second-order valence-corrected chi connectivity index (χ2v) is 6.16. The molecule has 122 valence electrons. The maximum Gasteiger partial charge on any atom is 0.123 e. The molecule has 1 atom stereocenters. The summed E-state index contributed by atoms with van der Waals surface area (Å²) in [6, 6.07) is 6.41. The number of hydrogen-bond acceptors (Lipinski definition) is 3. The van der Waals surface area contributed by atoms with Crippen LogP contribution in [0.2, 0.25) is 0 Å². The summed E-state index contributed by atoms with van der Waals surface area (Å²) < 4.78 is 13.0. The van der Waals surface area contributed by atoms with Crippen molar-refractivity contribution in [3.63, 3.8) is 0 Å². The first-order chi connectivity index (χ1) is 10.8.